The van der Waals surface area contributed by atoms with Gasteiger partial charge in [0.2, 0.25) is 5.76 Å². The fourth-order valence-corrected chi connectivity index (χ4v) is 1.03. The molecule has 0 aromatic rings. The molecule has 1 unspecified atom stereocenters. The Morgan fingerprint density at radius 1 is 1.69 bits per heavy atom. The van der Waals surface area contributed by atoms with E-state index in [0.717, 1.165) is 0 Å². The second kappa shape index (κ2) is 3.93. The van der Waals surface area contributed by atoms with Gasteiger partial charge in [-0.25, -0.2) is 9.59 Å². The summed E-state index contributed by atoms with van der Waals surface area (Å²) < 4.78 is 9.28. The largest absolute Gasteiger partial charge is 0.479 e. The number of carbonyl (C=O) groups is 2. The van der Waals surface area contributed by atoms with E-state index in [2.05, 4.69) is 4.74 Å². The van der Waals surface area contributed by atoms with Crippen LogP contribution in [0.2, 0.25) is 0 Å². The Bertz CT molecular complexity index is 255. The topological polar surface area (TPSA) is 72.8 Å². The second-order valence-corrected chi connectivity index (χ2v) is 2.58. The molecule has 1 aliphatic heterocycles. The Hall–Kier alpha value is -1.52. The first-order valence-corrected chi connectivity index (χ1v) is 3.83. The number of carboxylic acid groups (broad SMARTS) is 1. The van der Waals surface area contributed by atoms with Gasteiger partial charge in [0.05, 0.1) is 7.11 Å². The Morgan fingerprint density at radius 3 is 2.92 bits per heavy atom. The third-order valence-electron chi connectivity index (χ3n) is 1.69. The fraction of sp³-hybridized carbons (Fsp3) is 0.500. The molecule has 1 atom stereocenters. The van der Waals surface area contributed by atoms with Crippen molar-refractivity contribution in [2.75, 3.05) is 7.11 Å². The summed E-state index contributed by atoms with van der Waals surface area (Å²) in [6, 6.07) is 0. The number of hydrogen-bond acceptors (Lipinski definition) is 4. The van der Waals surface area contributed by atoms with E-state index in [1.54, 1.807) is 0 Å². The molecule has 13 heavy (non-hydrogen) atoms. The van der Waals surface area contributed by atoms with Crippen molar-refractivity contribution in [2.45, 2.75) is 18.9 Å². The third-order valence-corrected chi connectivity index (χ3v) is 1.69. The van der Waals surface area contributed by atoms with Gasteiger partial charge in [0.25, 0.3) is 0 Å². The van der Waals surface area contributed by atoms with Crippen molar-refractivity contribution in [1.82, 2.24) is 0 Å². The molecule has 0 aromatic heterocycles. The number of methoxy groups -OCH3 is 1. The highest BCUT2D eigenvalue weighted by Gasteiger charge is 2.26. The van der Waals surface area contributed by atoms with E-state index in [4.69, 9.17) is 9.84 Å². The van der Waals surface area contributed by atoms with Gasteiger partial charge in [0.1, 0.15) is 0 Å². The van der Waals surface area contributed by atoms with E-state index < -0.39 is 18.0 Å². The van der Waals surface area contributed by atoms with E-state index in [1.165, 1.54) is 13.2 Å². The average Bonchev–Trinajstić information content (AvgIpc) is 2.17. The highest BCUT2D eigenvalue weighted by molar-refractivity contribution is 5.87. The van der Waals surface area contributed by atoms with Crippen LogP contribution in [0.4, 0.5) is 0 Å². The van der Waals surface area contributed by atoms with Crippen LogP contribution in [-0.4, -0.2) is 30.3 Å². The molecule has 1 rings (SSSR count). The molecule has 5 heteroatoms. The molecule has 1 N–H and O–H groups in total. The van der Waals surface area contributed by atoms with Crippen molar-refractivity contribution >= 4 is 11.9 Å². The van der Waals surface area contributed by atoms with Crippen LogP contribution < -0.4 is 0 Å². The van der Waals surface area contributed by atoms with Crippen molar-refractivity contribution < 1.29 is 24.2 Å². The lowest BCUT2D eigenvalue weighted by atomic mass is 10.1. The molecule has 0 bridgehead atoms. The maximum atomic E-state index is 10.9. The van der Waals surface area contributed by atoms with Crippen molar-refractivity contribution in [3.05, 3.63) is 11.8 Å². The van der Waals surface area contributed by atoms with Crippen LogP contribution in [0.15, 0.2) is 11.8 Å². The molecule has 0 radical (unpaired) electrons. The summed E-state index contributed by atoms with van der Waals surface area (Å²) in [6.07, 6.45) is 1.50. The standard InChI is InChI=1S/C8H10O5/c1-12-8(11)6-4-2-3-5(13-6)7(9)10/h4-5H,2-3H2,1H3,(H,9,10). The maximum absolute atomic E-state index is 10.9. The number of rotatable bonds is 2. The van der Waals surface area contributed by atoms with Gasteiger partial charge in [0.15, 0.2) is 6.10 Å². The quantitative estimate of drug-likeness (QED) is 0.628. The summed E-state index contributed by atoms with van der Waals surface area (Å²) >= 11 is 0. The summed E-state index contributed by atoms with van der Waals surface area (Å²) in [4.78, 5) is 21.4. The summed E-state index contributed by atoms with van der Waals surface area (Å²) in [5, 5.41) is 8.61. The zero-order valence-corrected chi connectivity index (χ0v) is 7.15. The van der Waals surface area contributed by atoms with Crippen LogP contribution in [0.5, 0.6) is 0 Å². The molecule has 1 heterocycles. The molecule has 1 aliphatic rings. The third kappa shape index (κ3) is 2.21. The van der Waals surface area contributed by atoms with Crippen LogP contribution >= 0.6 is 0 Å². The first kappa shape index (κ1) is 9.57. The summed E-state index contributed by atoms with van der Waals surface area (Å²) in [7, 11) is 1.22. The van der Waals surface area contributed by atoms with E-state index in [-0.39, 0.29) is 5.76 Å². The molecule has 0 aromatic carbocycles. The molecule has 0 fully saturated rings. The average molecular weight is 186 g/mol. The number of hydrogen-bond donors (Lipinski definition) is 1. The number of aliphatic carboxylic acids is 1. The first-order valence-electron chi connectivity index (χ1n) is 3.83. The van der Waals surface area contributed by atoms with E-state index in [0.29, 0.717) is 12.8 Å². The molecule has 0 aliphatic carbocycles. The lowest BCUT2D eigenvalue weighted by molar-refractivity contribution is -0.152. The van der Waals surface area contributed by atoms with Crippen LogP contribution in [-0.2, 0) is 19.1 Å². The highest BCUT2D eigenvalue weighted by atomic mass is 16.6. The van der Waals surface area contributed by atoms with Crippen LogP contribution in [0, 0.1) is 0 Å². The van der Waals surface area contributed by atoms with Crippen molar-refractivity contribution in [2.24, 2.45) is 0 Å². The molecule has 0 amide bonds. The lowest BCUT2D eigenvalue weighted by Gasteiger charge is -2.19. The van der Waals surface area contributed by atoms with Gasteiger partial charge >= 0.3 is 11.9 Å². The number of carboxylic acids is 1. The summed E-state index contributed by atoms with van der Waals surface area (Å²) in [5.74, 6) is -1.71. The van der Waals surface area contributed by atoms with Gasteiger partial charge in [-0.3, -0.25) is 0 Å². The minimum atomic E-state index is -1.06. The Balaban J connectivity index is 2.64. The second-order valence-electron chi connectivity index (χ2n) is 2.58. The van der Waals surface area contributed by atoms with Crippen LogP contribution in [0.25, 0.3) is 0 Å². The fourth-order valence-electron chi connectivity index (χ4n) is 1.03. The molecule has 0 spiro atoms. The van der Waals surface area contributed by atoms with E-state index >= 15 is 0 Å². The lowest BCUT2D eigenvalue weighted by Crippen LogP contribution is -2.28. The Kier molecular flexibility index (Phi) is 2.89. The van der Waals surface area contributed by atoms with Gasteiger partial charge in [0, 0.05) is 0 Å². The molecule has 5 nitrogen and oxygen atoms in total. The van der Waals surface area contributed by atoms with Gasteiger partial charge < -0.3 is 14.6 Å². The zero-order chi connectivity index (χ0) is 9.84. The van der Waals surface area contributed by atoms with Gasteiger partial charge in [-0.15, -0.1) is 0 Å². The van der Waals surface area contributed by atoms with Crippen molar-refractivity contribution in [1.29, 1.82) is 0 Å². The number of esters is 1. The number of allylic oxidation sites excluding steroid dienone is 1. The summed E-state index contributed by atoms with van der Waals surface area (Å²) in [5.41, 5.74) is 0. The molecular weight excluding hydrogens is 176 g/mol. The Morgan fingerprint density at radius 2 is 2.38 bits per heavy atom. The predicted molar refractivity (Wildman–Crippen MR) is 41.8 cm³/mol. The Labute approximate surface area is 74.9 Å². The smallest absolute Gasteiger partial charge is 0.372 e. The SMILES string of the molecule is COC(=O)C1=CCCC(C(=O)O)O1. The van der Waals surface area contributed by atoms with E-state index in [1.807, 2.05) is 0 Å². The van der Waals surface area contributed by atoms with Crippen LogP contribution in [0.3, 0.4) is 0 Å². The van der Waals surface area contributed by atoms with Crippen molar-refractivity contribution in [3.63, 3.8) is 0 Å². The van der Waals surface area contributed by atoms with E-state index in [9.17, 15) is 9.59 Å². The zero-order valence-electron chi connectivity index (χ0n) is 7.15. The normalized spacial score (nSPS) is 21.3. The van der Waals surface area contributed by atoms with Gasteiger partial charge in [-0.05, 0) is 18.9 Å². The van der Waals surface area contributed by atoms with Gasteiger partial charge in [-0.1, -0.05) is 0 Å². The molecule has 0 saturated carbocycles. The predicted octanol–water partition coefficient (Wildman–Crippen LogP) is 0.307. The number of ether oxygens (including phenoxy) is 2. The highest BCUT2D eigenvalue weighted by Crippen LogP contribution is 2.17. The minimum Gasteiger partial charge on any atom is -0.479 e. The molecule has 72 valence electrons. The number of carbonyl (C=O) groups excluding carboxylic acids is 1. The summed E-state index contributed by atoms with van der Waals surface area (Å²) in [6.45, 7) is 0. The molecular formula is C8H10O5. The maximum Gasteiger partial charge on any atom is 0.372 e. The first-order chi connectivity index (χ1) is 6.15. The van der Waals surface area contributed by atoms with Crippen LogP contribution in [0.1, 0.15) is 12.8 Å². The minimum absolute atomic E-state index is 0.0128. The van der Waals surface area contributed by atoms with Crippen molar-refractivity contribution in [3.8, 4) is 0 Å². The van der Waals surface area contributed by atoms with Gasteiger partial charge in [-0.2, -0.15) is 0 Å². The molecule has 0 saturated heterocycles. The monoisotopic (exact) mass is 186 g/mol.